The molecule has 28 heavy (non-hydrogen) atoms. The minimum absolute atomic E-state index is 0.204. The molecule has 3 amide bonds. The first-order valence-electron chi connectivity index (χ1n) is 8.40. The van der Waals surface area contributed by atoms with E-state index in [1.54, 1.807) is 12.1 Å². The molecule has 9 heteroatoms. The van der Waals surface area contributed by atoms with Crippen LogP contribution in [0.4, 0.5) is 4.79 Å². The van der Waals surface area contributed by atoms with Gasteiger partial charge in [0.1, 0.15) is 0 Å². The molecule has 8 nitrogen and oxygen atoms in total. The number of hydrogen-bond acceptors (Lipinski definition) is 4. The minimum Gasteiger partial charge on any atom is -0.504 e. The van der Waals surface area contributed by atoms with Gasteiger partial charge < -0.3 is 10.4 Å². The molecule has 0 fully saturated rings. The molecule has 4 N–H and O–H groups in total. The van der Waals surface area contributed by atoms with Crippen LogP contribution in [0.3, 0.4) is 0 Å². The van der Waals surface area contributed by atoms with Gasteiger partial charge in [0.15, 0.2) is 11.4 Å². The SMILES string of the molecule is CC(NC(=O)NNC(=O)c1nn(-c2ccccc2)cc1O)c1cccc(Br)c1. The summed E-state index contributed by atoms with van der Waals surface area (Å²) >= 11 is 3.38. The standard InChI is InChI=1S/C19H18BrN5O3/c1-12(13-6-5-7-14(20)10-13)21-19(28)23-22-18(27)17-16(26)11-25(24-17)15-8-3-2-4-9-15/h2-12,26H,1H3,(H,22,27)(H2,21,23,28). The van der Waals surface area contributed by atoms with E-state index >= 15 is 0 Å². The summed E-state index contributed by atoms with van der Waals surface area (Å²) in [6, 6.07) is 15.7. The van der Waals surface area contributed by atoms with Crippen LogP contribution in [0.2, 0.25) is 0 Å². The number of hydrogen-bond donors (Lipinski definition) is 4. The average molecular weight is 444 g/mol. The molecule has 0 bridgehead atoms. The van der Waals surface area contributed by atoms with Gasteiger partial charge in [0.05, 0.1) is 17.9 Å². The molecule has 1 aromatic heterocycles. The molecule has 3 aromatic rings. The number of halogens is 1. The highest BCUT2D eigenvalue weighted by Gasteiger charge is 2.18. The molecular formula is C19H18BrN5O3. The molecule has 0 aliphatic heterocycles. The Morgan fingerprint density at radius 3 is 2.57 bits per heavy atom. The van der Waals surface area contributed by atoms with Crippen molar-refractivity contribution in [2.45, 2.75) is 13.0 Å². The molecule has 3 rings (SSSR count). The van der Waals surface area contributed by atoms with Crippen molar-refractivity contribution < 1.29 is 14.7 Å². The number of nitrogens with zero attached hydrogens (tertiary/aromatic N) is 2. The Morgan fingerprint density at radius 2 is 1.86 bits per heavy atom. The lowest BCUT2D eigenvalue weighted by Gasteiger charge is -2.15. The molecule has 2 aromatic carbocycles. The number of benzene rings is 2. The maximum atomic E-state index is 12.2. The maximum absolute atomic E-state index is 12.2. The van der Waals surface area contributed by atoms with Crippen LogP contribution in [-0.2, 0) is 0 Å². The van der Waals surface area contributed by atoms with E-state index in [0.29, 0.717) is 5.69 Å². The third kappa shape index (κ3) is 4.68. The van der Waals surface area contributed by atoms with Gasteiger partial charge in [-0.3, -0.25) is 10.2 Å². The number of rotatable bonds is 4. The number of para-hydroxylation sites is 1. The summed E-state index contributed by atoms with van der Waals surface area (Å²) in [6.07, 6.45) is 1.32. The van der Waals surface area contributed by atoms with Crippen LogP contribution in [-0.4, -0.2) is 26.8 Å². The molecule has 144 valence electrons. The van der Waals surface area contributed by atoms with Gasteiger partial charge >= 0.3 is 6.03 Å². The summed E-state index contributed by atoms with van der Waals surface area (Å²) in [6.45, 7) is 1.82. The van der Waals surface area contributed by atoms with Gasteiger partial charge in [-0.1, -0.05) is 46.3 Å². The van der Waals surface area contributed by atoms with Crippen molar-refractivity contribution in [3.63, 3.8) is 0 Å². The van der Waals surface area contributed by atoms with E-state index in [4.69, 9.17) is 0 Å². The highest BCUT2D eigenvalue weighted by atomic mass is 79.9. The highest BCUT2D eigenvalue weighted by molar-refractivity contribution is 9.10. The number of nitrogens with one attached hydrogen (secondary N) is 3. The number of aromatic hydroxyl groups is 1. The minimum atomic E-state index is -0.738. The number of carbonyl (C=O) groups is 2. The molecule has 0 spiro atoms. The van der Waals surface area contributed by atoms with Gasteiger partial charge in [0.25, 0.3) is 5.91 Å². The van der Waals surface area contributed by atoms with Crippen molar-refractivity contribution in [2.75, 3.05) is 0 Å². The Balaban J connectivity index is 1.58. The van der Waals surface area contributed by atoms with E-state index in [1.165, 1.54) is 10.9 Å². The van der Waals surface area contributed by atoms with Crippen molar-refractivity contribution in [3.05, 3.63) is 76.5 Å². The number of hydrazine groups is 1. The topological polar surface area (TPSA) is 108 Å². The summed E-state index contributed by atoms with van der Waals surface area (Å²) in [5.74, 6) is -1.04. The molecule has 1 atom stereocenters. The van der Waals surface area contributed by atoms with E-state index in [9.17, 15) is 14.7 Å². The van der Waals surface area contributed by atoms with Crippen LogP contribution in [0.5, 0.6) is 5.75 Å². The molecule has 1 unspecified atom stereocenters. The van der Waals surface area contributed by atoms with Crippen molar-refractivity contribution in [1.82, 2.24) is 25.9 Å². The Kier molecular flexibility index (Phi) is 5.95. The molecule has 0 saturated carbocycles. The largest absolute Gasteiger partial charge is 0.504 e. The van der Waals surface area contributed by atoms with Crippen molar-refractivity contribution >= 4 is 27.9 Å². The Labute approximate surface area is 169 Å². The zero-order chi connectivity index (χ0) is 20.1. The smallest absolute Gasteiger partial charge is 0.333 e. The molecule has 0 aliphatic rings. The fourth-order valence-electron chi connectivity index (χ4n) is 2.50. The van der Waals surface area contributed by atoms with Crippen molar-refractivity contribution in [1.29, 1.82) is 0 Å². The predicted octanol–water partition coefficient (Wildman–Crippen LogP) is 3.05. The summed E-state index contributed by atoms with van der Waals surface area (Å²) in [5.41, 5.74) is 5.86. The summed E-state index contributed by atoms with van der Waals surface area (Å²) < 4.78 is 2.27. The van der Waals surface area contributed by atoms with Gasteiger partial charge in [-0.2, -0.15) is 5.10 Å². The van der Waals surface area contributed by atoms with Crippen LogP contribution in [0.25, 0.3) is 5.69 Å². The molecule has 1 heterocycles. The number of aromatic nitrogens is 2. The summed E-state index contributed by atoms with van der Waals surface area (Å²) in [7, 11) is 0. The Bertz CT molecular complexity index is 990. The number of amides is 3. The second-order valence-corrected chi connectivity index (χ2v) is 6.89. The molecular weight excluding hydrogens is 426 g/mol. The van der Waals surface area contributed by atoms with E-state index in [2.05, 4.69) is 37.2 Å². The van der Waals surface area contributed by atoms with Gasteiger partial charge in [-0.25, -0.2) is 14.9 Å². The van der Waals surface area contributed by atoms with Crippen LogP contribution in [0, 0.1) is 0 Å². The number of urea groups is 1. The van der Waals surface area contributed by atoms with E-state index in [0.717, 1.165) is 10.0 Å². The zero-order valence-electron chi connectivity index (χ0n) is 14.9. The third-order valence-electron chi connectivity index (χ3n) is 3.92. The average Bonchev–Trinajstić information content (AvgIpc) is 3.08. The third-order valence-corrected chi connectivity index (χ3v) is 4.41. The van der Waals surface area contributed by atoms with Crippen LogP contribution < -0.4 is 16.2 Å². The molecule has 0 saturated heterocycles. The first-order valence-corrected chi connectivity index (χ1v) is 9.19. The Morgan fingerprint density at radius 1 is 1.11 bits per heavy atom. The number of carbonyl (C=O) groups excluding carboxylic acids is 2. The van der Waals surface area contributed by atoms with Gasteiger partial charge in [0, 0.05) is 4.47 Å². The van der Waals surface area contributed by atoms with Crippen molar-refractivity contribution in [3.8, 4) is 11.4 Å². The first kappa shape index (κ1) is 19.4. The highest BCUT2D eigenvalue weighted by Crippen LogP contribution is 2.18. The lowest BCUT2D eigenvalue weighted by atomic mass is 10.1. The second kappa shape index (κ2) is 8.57. The summed E-state index contributed by atoms with van der Waals surface area (Å²) in [5, 5.41) is 16.7. The van der Waals surface area contributed by atoms with Gasteiger partial charge in [0.2, 0.25) is 0 Å². The van der Waals surface area contributed by atoms with E-state index in [-0.39, 0.29) is 17.5 Å². The normalized spacial score (nSPS) is 11.5. The van der Waals surface area contributed by atoms with Crippen LogP contribution in [0.1, 0.15) is 29.0 Å². The zero-order valence-corrected chi connectivity index (χ0v) is 16.5. The second-order valence-electron chi connectivity index (χ2n) is 5.97. The fourth-order valence-corrected chi connectivity index (χ4v) is 2.92. The van der Waals surface area contributed by atoms with E-state index in [1.807, 2.05) is 49.4 Å². The summed E-state index contributed by atoms with van der Waals surface area (Å²) in [4.78, 5) is 24.2. The Hall–Kier alpha value is -3.33. The maximum Gasteiger partial charge on any atom is 0.333 e. The van der Waals surface area contributed by atoms with Crippen LogP contribution >= 0.6 is 15.9 Å². The predicted molar refractivity (Wildman–Crippen MR) is 107 cm³/mol. The lowest BCUT2D eigenvalue weighted by Crippen LogP contribution is -2.47. The van der Waals surface area contributed by atoms with Gasteiger partial charge in [-0.15, -0.1) is 0 Å². The monoisotopic (exact) mass is 443 g/mol. The fraction of sp³-hybridized carbons (Fsp3) is 0.105. The van der Waals surface area contributed by atoms with E-state index < -0.39 is 11.9 Å². The lowest BCUT2D eigenvalue weighted by molar-refractivity contribution is 0.0927. The van der Waals surface area contributed by atoms with Gasteiger partial charge in [-0.05, 0) is 36.8 Å². The first-order chi connectivity index (χ1) is 13.4. The molecule has 0 radical (unpaired) electrons. The van der Waals surface area contributed by atoms with Crippen LogP contribution in [0.15, 0.2) is 65.3 Å². The van der Waals surface area contributed by atoms with Crippen molar-refractivity contribution in [2.24, 2.45) is 0 Å². The molecule has 0 aliphatic carbocycles. The quantitative estimate of drug-likeness (QED) is 0.464.